The van der Waals surface area contributed by atoms with Gasteiger partial charge in [-0.15, -0.1) is 4.90 Å². The molecule has 2 amide bonds. The molecular formula is C17H20N4O8. The minimum absolute atomic E-state index is 0.0386. The van der Waals surface area contributed by atoms with Crippen molar-refractivity contribution in [2.45, 2.75) is 51.1 Å². The molecule has 29 heavy (non-hydrogen) atoms. The Morgan fingerprint density at radius 3 is 2.48 bits per heavy atom. The predicted molar refractivity (Wildman–Crippen MR) is 95.6 cm³/mol. The average Bonchev–Trinajstić information content (AvgIpc) is 3.25. The highest BCUT2D eigenvalue weighted by Crippen LogP contribution is 2.43. The number of hydrogen-bond acceptors (Lipinski definition) is 8. The second-order valence-electron chi connectivity index (χ2n) is 7.28. The van der Waals surface area contributed by atoms with Crippen LogP contribution in [0.3, 0.4) is 0 Å². The van der Waals surface area contributed by atoms with Gasteiger partial charge in [-0.3, -0.25) is 0 Å². The fraction of sp³-hybridized carbons (Fsp3) is 0.529. The molecule has 4 atom stereocenters. The molecule has 2 fully saturated rings. The van der Waals surface area contributed by atoms with Gasteiger partial charge >= 0.3 is 12.2 Å². The minimum Gasteiger partial charge on any atom is -0.464 e. The lowest BCUT2D eigenvalue weighted by molar-refractivity contribution is -0.199. The number of carbonyl (C=O) groups is 2. The average molecular weight is 408 g/mol. The zero-order valence-corrected chi connectivity index (χ0v) is 15.8. The van der Waals surface area contributed by atoms with Crippen LogP contribution in [0.5, 0.6) is 0 Å². The highest BCUT2D eigenvalue weighted by molar-refractivity contribution is 6.06. The van der Waals surface area contributed by atoms with Crippen molar-refractivity contribution in [1.82, 2.24) is 14.5 Å². The van der Waals surface area contributed by atoms with Crippen molar-refractivity contribution < 1.29 is 39.1 Å². The topological polar surface area (TPSA) is 156 Å². The highest BCUT2D eigenvalue weighted by Gasteiger charge is 2.55. The number of amides is 2. The number of nitrogens with zero attached hydrogens (tertiary/aromatic N) is 4. The van der Waals surface area contributed by atoms with Crippen molar-refractivity contribution in [2.24, 2.45) is 0 Å². The van der Waals surface area contributed by atoms with E-state index in [-0.39, 0.29) is 17.2 Å². The van der Waals surface area contributed by atoms with E-state index in [9.17, 15) is 24.9 Å². The summed E-state index contributed by atoms with van der Waals surface area (Å²) in [5.41, 5.74) is 0.670. The summed E-state index contributed by atoms with van der Waals surface area (Å²) in [7, 11) is 0. The number of aliphatic hydroxyl groups is 1. The predicted octanol–water partition coefficient (Wildman–Crippen LogP) is 1.31. The molecule has 2 aliphatic rings. The van der Waals surface area contributed by atoms with Crippen LogP contribution in [0.2, 0.25) is 0 Å². The number of aliphatic hydroxyl groups excluding tert-OH is 1. The second-order valence-corrected chi connectivity index (χ2v) is 7.28. The molecule has 4 rings (SSSR count). The van der Waals surface area contributed by atoms with Crippen molar-refractivity contribution in [1.29, 1.82) is 0 Å². The van der Waals surface area contributed by atoms with E-state index in [1.165, 1.54) is 0 Å². The molecule has 0 aromatic carbocycles. The zero-order valence-electron chi connectivity index (χ0n) is 15.8. The number of hydrogen-bond donors (Lipinski definition) is 3. The Hall–Kier alpha value is -2.80. The lowest BCUT2D eigenvalue weighted by Gasteiger charge is -2.24. The summed E-state index contributed by atoms with van der Waals surface area (Å²) < 4.78 is 19.3. The number of ether oxygens (including phenoxy) is 3. The third kappa shape index (κ3) is 3.09. The molecule has 3 N–H and O–H groups in total. The SMILES string of the molecule is Cc1nc(N(C(=O)O)C(=O)O)nc2c1ccn2[C@@H]1O[C@H](CO)[C@H]2OC(C)(C)O[C@H]21. The molecule has 0 spiro atoms. The molecule has 0 saturated carbocycles. The van der Waals surface area contributed by atoms with Crippen LogP contribution in [-0.2, 0) is 14.2 Å². The molecular weight excluding hydrogens is 388 g/mol. The van der Waals surface area contributed by atoms with Crippen LogP contribution >= 0.6 is 0 Å². The molecule has 156 valence electrons. The van der Waals surface area contributed by atoms with E-state index in [0.29, 0.717) is 11.1 Å². The Labute approximate surface area is 164 Å². The van der Waals surface area contributed by atoms with E-state index >= 15 is 0 Å². The smallest absolute Gasteiger partial charge is 0.424 e. The van der Waals surface area contributed by atoms with E-state index in [4.69, 9.17) is 14.2 Å². The summed E-state index contributed by atoms with van der Waals surface area (Å²) in [6, 6.07) is 1.71. The van der Waals surface area contributed by atoms with E-state index in [0.717, 1.165) is 0 Å². The molecule has 0 aliphatic carbocycles. The quantitative estimate of drug-likeness (QED) is 0.676. The van der Waals surface area contributed by atoms with Gasteiger partial charge in [-0.25, -0.2) is 14.6 Å². The van der Waals surface area contributed by atoms with Crippen LogP contribution in [0.15, 0.2) is 12.3 Å². The van der Waals surface area contributed by atoms with E-state index in [1.54, 1.807) is 37.6 Å². The van der Waals surface area contributed by atoms with E-state index in [2.05, 4.69) is 9.97 Å². The molecule has 0 bridgehead atoms. The van der Waals surface area contributed by atoms with Gasteiger partial charge in [0.1, 0.15) is 24.0 Å². The number of anilines is 1. The molecule has 2 aliphatic heterocycles. The summed E-state index contributed by atoms with van der Waals surface area (Å²) in [6.07, 6.45) is -4.18. The Balaban J connectivity index is 1.81. The Morgan fingerprint density at radius 2 is 1.86 bits per heavy atom. The maximum absolute atomic E-state index is 11.3. The van der Waals surface area contributed by atoms with Crippen LogP contribution in [0, 0.1) is 6.92 Å². The van der Waals surface area contributed by atoms with Gasteiger partial charge in [0.05, 0.1) is 12.3 Å². The first-order valence-electron chi connectivity index (χ1n) is 8.86. The summed E-state index contributed by atoms with van der Waals surface area (Å²) in [4.78, 5) is 30.9. The van der Waals surface area contributed by atoms with E-state index in [1.807, 2.05) is 0 Å². The lowest BCUT2D eigenvalue weighted by Crippen LogP contribution is -2.36. The molecule has 12 heteroatoms. The number of fused-ring (bicyclic) bond motifs is 2. The van der Waals surface area contributed by atoms with Gasteiger partial charge in [0, 0.05) is 11.6 Å². The fourth-order valence-corrected chi connectivity index (χ4v) is 3.76. The van der Waals surface area contributed by atoms with Crippen molar-refractivity contribution in [2.75, 3.05) is 11.5 Å². The monoisotopic (exact) mass is 408 g/mol. The van der Waals surface area contributed by atoms with Gasteiger partial charge < -0.3 is 34.1 Å². The Kier molecular flexibility index (Phi) is 4.46. The van der Waals surface area contributed by atoms with Crippen LogP contribution < -0.4 is 4.90 Å². The first-order chi connectivity index (χ1) is 13.6. The summed E-state index contributed by atoms with van der Waals surface area (Å²) in [5, 5.41) is 28.7. The van der Waals surface area contributed by atoms with Gasteiger partial charge in [0.15, 0.2) is 12.0 Å². The first kappa shape index (κ1) is 19.5. The molecule has 4 heterocycles. The number of imide groups is 1. The van der Waals surface area contributed by atoms with Gasteiger partial charge in [-0.2, -0.15) is 4.98 Å². The number of aromatic nitrogens is 3. The van der Waals surface area contributed by atoms with Gasteiger partial charge in [0.2, 0.25) is 5.95 Å². The summed E-state index contributed by atoms with van der Waals surface area (Å²) in [5.74, 6) is -1.36. The van der Waals surface area contributed by atoms with E-state index < -0.39 is 48.5 Å². The molecule has 12 nitrogen and oxygen atoms in total. The third-order valence-corrected chi connectivity index (χ3v) is 4.91. The first-order valence-corrected chi connectivity index (χ1v) is 8.86. The Bertz CT molecular complexity index is 975. The molecule has 0 unspecified atom stereocenters. The van der Waals surface area contributed by atoms with Crippen molar-refractivity contribution in [3.63, 3.8) is 0 Å². The molecule has 2 saturated heterocycles. The standard InChI is InChI=1S/C17H20N4O8/c1-7-8-4-5-20(12(8)19-14(18-7)21(15(23)24)16(25)26)13-11-10(9(6-22)27-13)28-17(2,3)29-11/h4-5,9-11,13,22H,6H2,1-3H3,(H,23,24)(H,25,26)/t9-,10-,11-,13-/m1/s1. The highest BCUT2D eigenvalue weighted by atomic mass is 16.8. The normalized spacial score (nSPS) is 27.9. The number of carboxylic acid groups (broad SMARTS) is 2. The number of rotatable bonds is 3. The Morgan fingerprint density at radius 1 is 1.21 bits per heavy atom. The molecule has 0 radical (unpaired) electrons. The summed E-state index contributed by atoms with van der Waals surface area (Å²) >= 11 is 0. The fourth-order valence-electron chi connectivity index (χ4n) is 3.76. The van der Waals surface area contributed by atoms with Crippen LogP contribution in [-0.4, -0.2) is 72.7 Å². The van der Waals surface area contributed by atoms with Crippen LogP contribution in [0.1, 0.15) is 25.8 Å². The molecule has 2 aromatic rings. The zero-order chi connectivity index (χ0) is 21.1. The molecule has 2 aromatic heterocycles. The van der Waals surface area contributed by atoms with Crippen molar-refractivity contribution >= 4 is 29.2 Å². The minimum atomic E-state index is -1.72. The third-order valence-electron chi connectivity index (χ3n) is 4.91. The second kappa shape index (κ2) is 6.62. The van der Waals surface area contributed by atoms with Gasteiger partial charge in [0.25, 0.3) is 0 Å². The summed E-state index contributed by atoms with van der Waals surface area (Å²) in [6.45, 7) is 4.85. The van der Waals surface area contributed by atoms with Crippen molar-refractivity contribution in [3.05, 3.63) is 18.0 Å². The lowest BCUT2D eigenvalue weighted by atomic mass is 10.1. The van der Waals surface area contributed by atoms with Crippen molar-refractivity contribution in [3.8, 4) is 0 Å². The van der Waals surface area contributed by atoms with Crippen LogP contribution in [0.25, 0.3) is 11.0 Å². The van der Waals surface area contributed by atoms with Gasteiger partial charge in [-0.1, -0.05) is 0 Å². The number of aryl methyl sites for hydroxylation is 1. The maximum atomic E-state index is 11.3. The van der Waals surface area contributed by atoms with Crippen LogP contribution in [0.4, 0.5) is 15.5 Å². The van der Waals surface area contributed by atoms with Gasteiger partial charge in [-0.05, 0) is 26.8 Å². The largest absolute Gasteiger partial charge is 0.464 e. The maximum Gasteiger partial charge on any atom is 0.424 e.